The highest BCUT2D eigenvalue weighted by atomic mass is 35.5. The lowest BCUT2D eigenvalue weighted by molar-refractivity contribution is -0.138. The summed E-state index contributed by atoms with van der Waals surface area (Å²) in [6, 6.07) is 6.86. The van der Waals surface area contributed by atoms with Crippen LogP contribution in [0, 0.1) is 0 Å². The molecule has 2 aliphatic heterocycles. The minimum Gasteiger partial charge on any atom is -0.372 e. The Hall–Kier alpha value is -1.19. The van der Waals surface area contributed by atoms with Crippen molar-refractivity contribution < 1.29 is 17.9 Å². The highest BCUT2D eigenvalue weighted by molar-refractivity contribution is 7.89. The van der Waals surface area contributed by atoms with Crippen LogP contribution in [-0.4, -0.2) is 85.9 Å². The lowest BCUT2D eigenvalue weighted by atomic mass is 9.94. The second-order valence-electron chi connectivity index (χ2n) is 10.3. The number of carbonyl (C=O) groups excluding carboxylic acids is 1. The first-order valence-electron chi connectivity index (χ1n) is 13.2. The lowest BCUT2D eigenvalue weighted by Crippen LogP contribution is -2.53. The molecule has 2 saturated heterocycles. The standard InChI is InChI=1S/C26H40ClN3O4S/c1-21-6-5-9-24(30(21)35(32,33)25-12-10-22(27)11-13-25)14-19-34-20-26(31)29-17-15-28(16-18-29)23-7-3-2-4-8-23/h10-13,21,23-24H,2-9,14-20H2,1H3/t21-,24?/m1/s1. The van der Waals surface area contributed by atoms with Crippen molar-refractivity contribution in [2.24, 2.45) is 0 Å². The van der Waals surface area contributed by atoms with E-state index in [-0.39, 0.29) is 29.5 Å². The summed E-state index contributed by atoms with van der Waals surface area (Å²) in [6.45, 7) is 5.85. The van der Waals surface area contributed by atoms with Crippen LogP contribution in [0.3, 0.4) is 0 Å². The fraction of sp³-hybridized carbons (Fsp3) is 0.731. The maximum Gasteiger partial charge on any atom is 0.248 e. The molecule has 0 N–H and O–H groups in total. The smallest absolute Gasteiger partial charge is 0.248 e. The molecule has 0 aromatic heterocycles. The maximum absolute atomic E-state index is 13.4. The lowest BCUT2D eigenvalue weighted by Gasteiger charge is -2.40. The molecule has 35 heavy (non-hydrogen) atoms. The fourth-order valence-electron chi connectivity index (χ4n) is 5.95. The Morgan fingerprint density at radius 3 is 2.34 bits per heavy atom. The topological polar surface area (TPSA) is 70.2 Å². The Balaban J connectivity index is 1.24. The Morgan fingerprint density at radius 1 is 0.971 bits per heavy atom. The Bertz CT molecular complexity index is 928. The molecule has 2 heterocycles. The molecule has 9 heteroatoms. The van der Waals surface area contributed by atoms with E-state index in [1.165, 1.54) is 32.1 Å². The van der Waals surface area contributed by atoms with Gasteiger partial charge in [0.1, 0.15) is 6.61 Å². The van der Waals surface area contributed by atoms with Crippen LogP contribution in [0.2, 0.25) is 5.02 Å². The molecule has 3 aliphatic rings. The third-order valence-corrected chi connectivity index (χ3v) is 10.3. The molecule has 1 unspecified atom stereocenters. The van der Waals surface area contributed by atoms with Crippen molar-refractivity contribution in [3.8, 4) is 0 Å². The number of benzene rings is 1. The van der Waals surface area contributed by atoms with Crippen LogP contribution in [0.25, 0.3) is 0 Å². The zero-order chi connectivity index (χ0) is 24.8. The molecule has 2 atom stereocenters. The fourth-order valence-corrected chi connectivity index (χ4v) is 7.98. The normalized spacial score (nSPS) is 25.6. The molecule has 1 saturated carbocycles. The second-order valence-corrected chi connectivity index (χ2v) is 12.6. The third-order valence-electron chi connectivity index (χ3n) is 7.92. The van der Waals surface area contributed by atoms with Crippen molar-refractivity contribution in [1.29, 1.82) is 0 Å². The van der Waals surface area contributed by atoms with Gasteiger partial charge in [0.05, 0.1) is 4.90 Å². The summed E-state index contributed by atoms with van der Waals surface area (Å²) in [5, 5.41) is 0.514. The van der Waals surface area contributed by atoms with Crippen molar-refractivity contribution in [2.45, 2.75) is 87.7 Å². The average Bonchev–Trinajstić information content (AvgIpc) is 2.87. The number of ether oxygens (including phenoxy) is 1. The van der Waals surface area contributed by atoms with Gasteiger partial charge in [-0.15, -0.1) is 0 Å². The minimum atomic E-state index is -3.62. The molecule has 0 radical (unpaired) electrons. The summed E-state index contributed by atoms with van der Waals surface area (Å²) >= 11 is 5.96. The molecule has 1 aromatic rings. The first-order valence-corrected chi connectivity index (χ1v) is 15.1. The van der Waals surface area contributed by atoms with E-state index in [4.69, 9.17) is 16.3 Å². The summed E-state index contributed by atoms with van der Waals surface area (Å²) in [6.07, 6.45) is 9.82. The molecule has 7 nitrogen and oxygen atoms in total. The summed E-state index contributed by atoms with van der Waals surface area (Å²) in [7, 11) is -3.62. The molecule has 0 spiro atoms. The van der Waals surface area contributed by atoms with E-state index in [2.05, 4.69) is 4.90 Å². The van der Waals surface area contributed by atoms with Gasteiger partial charge in [0.15, 0.2) is 0 Å². The quantitative estimate of drug-likeness (QED) is 0.477. The SMILES string of the molecule is C[C@@H]1CCCC(CCOCC(=O)N2CCN(C3CCCCC3)CC2)N1S(=O)(=O)c1ccc(Cl)cc1. The molecule has 4 rings (SSSR count). The minimum absolute atomic E-state index is 0.0379. The van der Waals surface area contributed by atoms with Crippen LogP contribution >= 0.6 is 11.6 Å². The molecule has 3 fully saturated rings. The number of carbonyl (C=O) groups is 1. The summed E-state index contributed by atoms with van der Waals surface area (Å²) < 4.78 is 34.2. The van der Waals surface area contributed by atoms with E-state index >= 15 is 0 Å². The van der Waals surface area contributed by atoms with Crippen LogP contribution in [0.4, 0.5) is 0 Å². The Kier molecular flexibility index (Phi) is 9.49. The van der Waals surface area contributed by atoms with Gasteiger partial charge in [-0.3, -0.25) is 9.69 Å². The van der Waals surface area contributed by atoms with Crippen LogP contribution in [0.15, 0.2) is 29.2 Å². The van der Waals surface area contributed by atoms with Gasteiger partial charge in [0, 0.05) is 55.9 Å². The van der Waals surface area contributed by atoms with E-state index in [0.29, 0.717) is 24.1 Å². The number of sulfonamides is 1. The summed E-state index contributed by atoms with van der Waals surface area (Å²) in [5.74, 6) is 0.0379. The van der Waals surface area contributed by atoms with Gasteiger partial charge in [0.2, 0.25) is 15.9 Å². The Labute approximate surface area is 215 Å². The monoisotopic (exact) mass is 525 g/mol. The Morgan fingerprint density at radius 2 is 1.66 bits per heavy atom. The predicted molar refractivity (Wildman–Crippen MR) is 138 cm³/mol. The number of hydrogen-bond acceptors (Lipinski definition) is 5. The first-order chi connectivity index (χ1) is 16.9. The van der Waals surface area contributed by atoms with Crippen LogP contribution in [-0.2, 0) is 19.6 Å². The number of piperidine rings is 1. The molecular weight excluding hydrogens is 486 g/mol. The van der Waals surface area contributed by atoms with E-state index in [0.717, 1.165) is 45.4 Å². The number of amides is 1. The van der Waals surface area contributed by atoms with E-state index in [9.17, 15) is 13.2 Å². The number of hydrogen-bond donors (Lipinski definition) is 0. The summed E-state index contributed by atoms with van der Waals surface area (Å²) in [5.41, 5.74) is 0. The van der Waals surface area contributed by atoms with Gasteiger partial charge in [-0.2, -0.15) is 4.31 Å². The largest absolute Gasteiger partial charge is 0.372 e. The average molecular weight is 526 g/mol. The van der Waals surface area contributed by atoms with Crippen LogP contribution < -0.4 is 0 Å². The van der Waals surface area contributed by atoms with Crippen molar-refractivity contribution in [2.75, 3.05) is 39.4 Å². The third kappa shape index (κ3) is 6.77. The highest BCUT2D eigenvalue weighted by Gasteiger charge is 2.37. The molecular formula is C26H40ClN3O4S. The summed E-state index contributed by atoms with van der Waals surface area (Å²) in [4.78, 5) is 17.4. The number of nitrogens with zero attached hydrogens (tertiary/aromatic N) is 3. The van der Waals surface area contributed by atoms with Gasteiger partial charge >= 0.3 is 0 Å². The number of piperazine rings is 1. The maximum atomic E-state index is 13.4. The molecule has 1 amide bonds. The zero-order valence-electron chi connectivity index (χ0n) is 20.9. The van der Waals surface area contributed by atoms with E-state index < -0.39 is 10.0 Å². The van der Waals surface area contributed by atoms with Crippen molar-refractivity contribution in [3.05, 3.63) is 29.3 Å². The van der Waals surface area contributed by atoms with Gasteiger partial charge in [-0.05, 0) is 63.3 Å². The van der Waals surface area contributed by atoms with Gasteiger partial charge in [-0.25, -0.2) is 8.42 Å². The molecule has 0 bridgehead atoms. The molecule has 1 aliphatic carbocycles. The van der Waals surface area contributed by atoms with E-state index in [1.807, 2.05) is 11.8 Å². The molecule has 1 aromatic carbocycles. The predicted octanol–water partition coefficient (Wildman–Crippen LogP) is 4.16. The van der Waals surface area contributed by atoms with Gasteiger partial charge in [0.25, 0.3) is 0 Å². The van der Waals surface area contributed by atoms with Crippen LogP contribution in [0.5, 0.6) is 0 Å². The second kappa shape index (κ2) is 12.4. The first kappa shape index (κ1) is 26.9. The molecule has 196 valence electrons. The van der Waals surface area contributed by atoms with E-state index in [1.54, 1.807) is 28.6 Å². The van der Waals surface area contributed by atoms with Gasteiger partial charge < -0.3 is 9.64 Å². The number of rotatable bonds is 8. The highest BCUT2D eigenvalue weighted by Crippen LogP contribution is 2.31. The van der Waals surface area contributed by atoms with Crippen molar-refractivity contribution in [3.63, 3.8) is 0 Å². The van der Waals surface area contributed by atoms with Crippen molar-refractivity contribution in [1.82, 2.24) is 14.1 Å². The van der Waals surface area contributed by atoms with Crippen molar-refractivity contribution >= 4 is 27.5 Å². The van der Waals surface area contributed by atoms with Crippen LogP contribution in [0.1, 0.15) is 64.7 Å². The number of halogens is 1. The zero-order valence-corrected chi connectivity index (χ0v) is 22.5. The van der Waals surface area contributed by atoms with Gasteiger partial charge in [-0.1, -0.05) is 37.3 Å².